The summed E-state index contributed by atoms with van der Waals surface area (Å²) in [6, 6.07) is 5.09. The highest BCUT2D eigenvalue weighted by Gasteiger charge is 2.34. The van der Waals surface area contributed by atoms with Crippen LogP contribution in [0.15, 0.2) is 18.2 Å². The molecule has 0 fully saturated rings. The zero-order valence-electron chi connectivity index (χ0n) is 10.7. The fraction of sp³-hybridized carbons (Fsp3) is 0.462. The van der Waals surface area contributed by atoms with Gasteiger partial charge in [0.25, 0.3) is 0 Å². The molecule has 19 heavy (non-hydrogen) atoms. The van der Waals surface area contributed by atoms with Gasteiger partial charge in [-0.3, -0.25) is 0 Å². The highest BCUT2D eigenvalue weighted by molar-refractivity contribution is 5.58. The van der Waals surface area contributed by atoms with Crippen molar-refractivity contribution in [1.29, 1.82) is 5.26 Å². The average molecular weight is 272 g/mol. The van der Waals surface area contributed by atoms with Gasteiger partial charge in [-0.25, -0.2) is 0 Å². The normalized spacial score (nSPS) is 12.9. The van der Waals surface area contributed by atoms with Crippen molar-refractivity contribution in [3.63, 3.8) is 0 Å². The van der Waals surface area contributed by atoms with Crippen LogP contribution in [0.2, 0.25) is 0 Å². The average Bonchev–Trinajstić information content (AvgIpc) is 2.33. The highest BCUT2D eigenvalue weighted by Crippen LogP contribution is 2.36. The van der Waals surface area contributed by atoms with E-state index in [1.165, 1.54) is 18.0 Å². The molecule has 0 saturated heterocycles. The van der Waals surface area contributed by atoms with Crippen molar-refractivity contribution in [3.05, 3.63) is 29.3 Å². The first kappa shape index (κ1) is 15.3. The molecule has 0 amide bonds. The second kappa shape index (κ2) is 5.93. The maximum atomic E-state index is 12.9. The molecule has 1 N–H and O–H groups in total. The van der Waals surface area contributed by atoms with Crippen LogP contribution in [0.1, 0.15) is 24.5 Å². The second-order valence-electron chi connectivity index (χ2n) is 4.40. The van der Waals surface area contributed by atoms with Crippen LogP contribution in [0, 0.1) is 11.3 Å². The van der Waals surface area contributed by atoms with Gasteiger partial charge in [0.05, 0.1) is 29.0 Å². The van der Waals surface area contributed by atoms with Crippen molar-refractivity contribution in [3.8, 4) is 6.07 Å². The molecular formula is C13H15F3N2O. The number of anilines is 1. The molecule has 0 aliphatic heterocycles. The Bertz CT molecular complexity index is 478. The third-order valence-corrected chi connectivity index (χ3v) is 2.73. The van der Waals surface area contributed by atoms with Crippen molar-refractivity contribution < 1.29 is 18.3 Å². The lowest BCUT2D eigenvalue weighted by Crippen LogP contribution is -2.24. The van der Waals surface area contributed by atoms with Crippen molar-refractivity contribution in [2.45, 2.75) is 25.6 Å². The summed E-state index contributed by atoms with van der Waals surface area (Å²) >= 11 is 0. The predicted octanol–water partition coefficient (Wildman–Crippen LogP) is 2.78. The van der Waals surface area contributed by atoms with Crippen LogP contribution in [0.4, 0.5) is 18.9 Å². The van der Waals surface area contributed by atoms with Gasteiger partial charge in [0, 0.05) is 13.6 Å². The summed E-state index contributed by atoms with van der Waals surface area (Å²) in [5, 5.41) is 17.9. The summed E-state index contributed by atoms with van der Waals surface area (Å²) < 4.78 is 38.7. The minimum Gasteiger partial charge on any atom is -0.393 e. The fourth-order valence-electron chi connectivity index (χ4n) is 1.66. The fourth-order valence-corrected chi connectivity index (χ4v) is 1.66. The first-order chi connectivity index (χ1) is 8.75. The Labute approximate surface area is 109 Å². The molecule has 0 aromatic heterocycles. The van der Waals surface area contributed by atoms with Crippen molar-refractivity contribution in [2.75, 3.05) is 18.5 Å². The Morgan fingerprint density at radius 2 is 2.05 bits per heavy atom. The van der Waals surface area contributed by atoms with E-state index in [1.807, 2.05) is 6.07 Å². The quantitative estimate of drug-likeness (QED) is 0.916. The van der Waals surface area contributed by atoms with E-state index in [1.54, 1.807) is 6.92 Å². The molecular weight excluding hydrogens is 257 g/mol. The molecule has 3 nitrogen and oxygen atoms in total. The minimum absolute atomic E-state index is 0.0489. The molecule has 1 aromatic carbocycles. The van der Waals surface area contributed by atoms with Gasteiger partial charge >= 0.3 is 6.18 Å². The second-order valence-corrected chi connectivity index (χ2v) is 4.40. The molecule has 1 unspecified atom stereocenters. The molecule has 0 aliphatic rings. The van der Waals surface area contributed by atoms with Gasteiger partial charge in [0.2, 0.25) is 0 Å². The molecule has 0 aliphatic carbocycles. The largest absolute Gasteiger partial charge is 0.418 e. The van der Waals surface area contributed by atoms with E-state index >= 15 is 0 Å². The third-order valence-electron chi connectivity index (χ3n) is 2.73. The smallest absolute Gasteiger partial charge is 0.393 e. The first-order valence-corrected chi connectivity index (χ1v) is 5.76. The molecule has 0 radical (unpaired) electrons. The van der Waals surface area contributed by atoms with E-state index < -0.39 is 17.8 Å². The lowest BCUT2D eigenvalue weighted by molar-refractivity contribution is -0.137. The standard InChI is InChI=1S/C13H15F3N2O/c1-9(19)5-6-18(2)12-7-10(8-17)3-4-11(12)13(14,15)16/h3-4,7,9,19H,5-6H2,1-2H3. The lowest BCUT2D eigenvalue weighted by Gasteiger charge is -2.24. The Morgan fingerprint density at radius 1 is 1.42 bits per heavy atom. The van der Waals surface area contributed by atoms with E-state index in [4.69, 9.17) is 5.26 Å². The van der Waals surface area contributed by atoms with Gasteiger partial charge in [-0.05, 0) is 31.5 Å². The topological polar surface area (TPSA) is 47.3 Å². The number of aliphatic hydroxyl groups excluding tert-OH is 1. The molecule has 0 bridgehead atoms. The van der Waals surface area contributed by atoms with E-state index in [2.05, 4.69) is 0 Å². The Kier molecular flexibility index (Phi) is 4.78. The number of benzene rings is 1. The molecule has 1 aromatic rings. The zero-order chi connectivity index (χ0) is 14.6. The van der Waals surface area contributed by atoms with Crippen LogP contribution in [0.5, 0.6) is 0 Å². The van der Waals surface area contributed by atoms with Crippen LogP contribution in [-0.2, 0) is 6.18 Å². The van der Waals surface area contributed by atoms with Crippen molar-refractivity contribution >= 4 is 5.69 Å². The van der Waals surface area contributed by atoms with Gasteiger partial charge < -0.3 is 10.0 Å². The molecule has 0 spiro atoms. The first-order valence-electron chi connectivity index (χ1n) is 5.76. The summed E-state index contributed by atoms with van der Waals surface area (Å²) in [5.41, 5.74) is -0.654. The van der Waals surface area contributed by atoms with Crippen LogP contribution >= 0.6 is 0 Å². The molecule has 1 atom stereocenters. The predicted molar refractivity (Wildman–Crippen MR) is 65.7 cm³/mol. The lowest BCUT2D eigenvalue weighted by atomic mass is 10.1. The number of nitrogens with zero attached hydrogens (tertiary/aromatic N) is 2. The summed E-state index contributed by atoms with van der Waals surface area (Å²) in [5.74, 6) is 0. The van der Waals surface area contributed by atoms with Gasteiger partial charge in [0.1, 0.15) is 0 Å². The highest BCUT2D eigenvalue weighted by atomic mass is 19.4. The van der Waals surface area contributed by atoms with Crippen LogP contribution in [0.3, 0.4) is 0 Å². The van der Waals surface area contributed by atoms with E-state index in [-0.39, 0.29) is 17.8 Å². The minimum atomic E-state index is -4.47. The summed E-state index contributed by atoms with van der Waals surface area (Å²) in [6.45, 7) is 1.85. The molecule has 0 heterocycles. The van der Waals surface area contributed by atoms with Crippen LogP contribution in [-0.4, -0.2) is 24.8 Å². The van der Waals surface area contributed by atoms with Crippen LogP contribution in [0.25, 0.3) is 0 Å². The molecule has 0 saturated carbocycles. The zero-order valence-corrected chi connectivity index (χ0v) is 10.7. The molecule has 104 valence electrons. The number of rotatable bonds is 4. The van der Waals surface area contributed by atoms with Crippen molar-refractivity contribution in [2.24, 2.45) is 0 Å². The van der Waals surface area contributed by atoms with Gasteiger partial charge in [-0.1, -0.05) is 0 Å². The molecule has 1 rings (SSSR count). The number of halogens is 3. The van der Waals surface area contributed by atoms with Crippen LogP contribution < -0.4 is 4.90 Å². The summed E-state index contributed by atoms with van der Waals surface area (Å²) in [4.78, 5) is 1.40. The Morgan fingerprint density at radius 3 is 2.53 bits per heavy atom. The number of aliphatic hydroxyl groups is 1. The van der Waals surface area contributed by atoms with E-state index in [9.17, 15) is 18.3 Å². The van der Waals surface area contributed by atoms with E-state index in [0.29, 0.717) is 6.42 Å². The number of alkyl halides is 3. The van der Waals surface area contributed by atoms with Crippen molar-refractivity contribution in [1.82, 2.24) is 0 Å². The number of hydrogen-bond acceptors (Lipinski definition) is 3. The Hall–Kier alpha value is -1.74. The SMILES string of the molecule is CC(O)CCN(C)c1cc(C#N)ccc1C(F)(F)F. The van der Waals surface area contributed by atoms with Gasteiger partial charge in [-0.15, -0.1) is 0 Å². The number of hydrogen-bond donors (Lipinski definition) is 1. The van der Waals surface area contributed by atoms with Gasteiger partial charge in [-0.2, -0.15) is 18.4 Å². The summed E-state index contributed by atoms with van der Waals surface area (Å²) in [7, 11) is 1.51. The maximum absolute atomic E-state index is 12.9. The monoisotopic (exact) mass is 272 g/mol. The maximum Gasteiger partial charge on any atom is 0.418 e. The third kappa shape index (κ3) is 4.14. The van der Waals surface area contributed by atoms with E-state index in [0.717, 1.165) is 12.1 Å². The molecule has 6 heteroatoms. The summed E-state index contributed by atoms with van der Waals surface area (Å²) in [6.07, 6.45) is -4.71. The van der Waals surface area contributed by atoms with Gasteiger partial charge in [0.15, 0.2) is 0 Å². The Balaban J connectivity index is 3.11. The number of nitriles is 1.